The van der Waals surface area contributed by atoms with E-state index in [1.807, 2.05) is 18.3 Å². The highest BCUT2D eigenvalue weighted by Crippen LogP contribution is 2.22. The van der Waals surface area contributed by atoms with Crippen molar-refractivity contribution in [2.24, 2.45) is 0 Å². The van der Waals surface area contributed by atoms with Gasteiger partial charge >= 0.3 is 0 Å². The van der Waals surface area contributed by atoms with Crippen molar-refractivity contribution in [1.29, 1.82) is 0 Å². The molecule has 2 rings (SSSR count). The Labute approximate surface area is 112 Å². The Morgan fingerprint density at radius 3 is 2.94 bits per heavy atom. The fourth-order valence-electron chi connectivity index (χ4n) is 2.39. The Bertz CT molecular complexity index is 350. The van der Waals surface area contributed by atoms with Crippen LogP contribution in [0.2, 0.25) is 0 Å². The summed E-state index contributed by atoms with van der Waals surface area (Å²) < 4.78 is 1.03. The SMILES string of the molecule is CN(CCNc1ncccc1Br)C1CCCC1. The Balaban J connectivity index is 1.74. The minimum Gasteiger partial charge on any atom is -0.368 e. The molecule has 1 aromatic rings. The van der Waals surface area contributed by atoms with Crippen LogP contribution in [0.25, 0.3) is 0 Å². The number of hydrogen-bond acceptors (Lipinski definition) is 3. The second-order valence-corrected chi connectivity index (χ2v) is 5.53. The maximum atomic E-state index is 4.30. The summed E-state index contributed by atoms with van der Waals surface area (Å²) in [5, 5.41) is 3.37. The van der Waals surface area contributed by atoms with E-state index < -0.39 is 0 Å². The summed E-state index contributed by atoms with van der Waals surface area (Å²) in [7, 11) is 2.23. The predicted molar refractivity (Wildman–Crippen MR) is 75.3 cm³/mol. The van der Waals surface area contributed by atoms with Crippen LogP contribution < -0.4 is 5.32 Å². The summed E-state index contributed by atoms with van der Waals surface area (Å²) in [4.78, 5) is 6.77. The zero-order valence-electron chi connectivity index (χ0n) is 10.3. The van der Waals surface area contributed by atoms with Crippen molar-refractivity contribution < 1.29 is 0 Å². The van der Waals surface area contributed by atoms with Gasteiger partial charge in [-0.15, -0.1) is 0 Å². The minimum absolute atomic E-state index is 0.795. The highest BCUT2D eigenvalue weighted by Gasteiger charge is 2.18. The molecule has 0 spiro atoms. The lowest BCUT2D eigenvalue weighted by Crippen LogP contribution is -2.33. The van der Waals surface area contributed by atoms with Gasteiger partial charge in [0, 0.05) is 25.3 Å². The van der Waals surface area contributed by atoms with Crippen LogP contribution in [0.4, 0.5) is 5.82 Å². The van der Waals surface area contributed by atoms with Crippen molar-refractivity contribution in [2.75, 3.05) is 25.5 Å². The number of pyridine rings is 1. The van der Waals surface area contributed by atoms with Crippen LogP contribution in [-0.4, -0.2) is 36.1 Å². The van der Waals surface area contributed by atoms with Gasteiger partial charge in [-0.05, 0) is 48.0 Å². The third-order valence-electron chi connectivity index (χ3n) is 3.46. The largest absolute Gasteiger partial charge is 0.368 e. The van der Waals surface area contributed by atoms with E-state index in [9.17, 15) is 0 Å². The van der Waals surface area contributed by atoms with Crippen molar-refractivity contribution >= 4 is 21.7 Å². The molecule has 4 heteroatoms. The van der Waals surface area contributed by atoms with E-state index in [0.717, 1.165) is 29.4 Å². The first-order valence-electron chi connectivity index (χ1n) is 6.32. The van der Waals surface area contributed by atoms with Gasteiger partial charge in [0.2, 0.25) is 0 Å². The van der Waals surface area contributed by atoms with Gasteiger partial charge in [-0.25, -0.2) is 4.98 Å². The molecule has 3 nitrogen and oxygen atoms in total. The molecule has 1 heterocycles. The first kappa shape index (κ1) is 12.8. The van der Waals surface area contributed by atoms with E-state index in [2.05, 4.69) is 38.2 Å². The number of anilines is 1. The number of nitrogens with one attached hydrogen (secondary N) is 1. The highest BCUT2D eigenvalue weighted by molar-refractivity contribution is 9.10. The third-order valence-corrected chi connectivity index (χ3v) is 4.10. The van der Waals surface area contributed by atoms with Crippen molar-refractivity contribution in [1.82, 2.24) is 9.88 Å². The van der Waals surface area contributed by atoms with Crippen LogP contribution in [0.5, 0.6) is 0 Å². The van der Waals surface area contributed by atoms with Gasteiger partial charge in [0.1, 0.15) is 5.82 Å². The van der Waals surface area contributed by atoms with Crippen molar-refractivity contribution in [3.8, 4) is 0 Å². The quantitative estimate of drug-likeness (QED) is 0.905. The van der Waals surface area contributed by atoms with Crippen molar-refractivity contribution in [3.05, 3.63) is 22.8 Å². The molecule has 1 fully saturated rings. The smallest absolute Gasteiger partial charge is 0.140 e. The molecular formula is C13H20BrN3. The van der Waals surface area contributed by atoms with Gasteiger partial charge in [0.05, 0.1) is 4.47 Å². The lowest BCUT2D eigenvalue weighted by Gasteiger charge is -2.24. The van der Waals surface area contributed by atoms with Gasteiger partial charge in [-0.3, -0.25) is 0 Å². The van der Waals surface area contributed by atoms with Gasteiger partial charge in [0.15, 0.2) is 0 Å². The van der Waals surface area contributed by atoms with E-state index in [4.69, 9.17) is 0 Å². The van der Waals surface area contributed by atoms with Crippen molar-refractivity contribution in [3.63, 3.8) is 0 Å². The first-order valence-corrected chi connectivity index (χ1v) is 7.11. The third kappa shape index (κ3) is 3.68. The summed E-state index contributed by atoms with van der Waals surface area (Å²) in [5.41, 5.74) is 0. The summed E-state index contributed by atoms with van der Waals surface area (Å²) in [6.07, 6.45) is 7.34. The zero-order chi connectivity index (χ0) is 12.1. The van der Waals surface area contributed by atoms with Gasteiger partial charge in [-0.2, -0.15) is 0 Å². The molecular weight excluding hydrogens is 278 g/mol. The van der Waals surface area contributed by atoms with E-state index in [1.165, 1.54) is 25.7 Å². The molecule has 0 atom stereocenters. The maximum absolute atomic E-state index is 4.30. The predicted octanol–water partition coefficient (Wildman–Crippen LogP) is 3.13. The molecule has 0 radical (unpaired) electrons. The van der Waals surface area contributed by atoms with Gasteiger partial charge in [-0.1, -0.05) is 12.8 Å². The van der Waals surface area contributed by atoms with Crippen LogP contribution in [0, 0.1) is 0 Å². The van der Waals surface area contributed by atoms with Crippen LogP contribution in [0.3, 0.4) is 0 Å². The molecule has 0 aliphatic heterocycles. The Kier molecular flexibility index (Phi) is 4.80. The molecule has 0 amide bonds. The molecule has 0 unspecified atom stereocenters. The fraction of sp³-hybridized carbons (Fsp3) is 0.615. The average Bonchev–Trinajstić information content (AvgIpc) is 2.85. The van der Waals surface area contributed by atoms with Crippen LogP contribution in [-0.2, 0) is 0 Å². The second-order valence-electron chi connectivity index (χ2n) is 4.68. The second kappa shape index (κ2) is 6.36. The standard InChI is InChI=1S/C13H20BrN3/c1-17(11-5-2-3-6-11)10-9-16-13-12(14)7-4-8-15-13/h4,7-8,11H,2-3,5-6,9-10H2,1H3,(H,15,16). The van der Waals surface area contributed by atoms with Gasteiger partial charge in [0.25, 0.3) is 0 Å². The Hall–Kier alpha value is -0.610. The summed E-state index contributed by atoms with van der Waals surface area (Å²) in [6.45, 7) is 2.02. The lowest BCUT2D eigenvalue weighted by molar-refractivity contribution is 0.254. The van der Waals surface area contributed by atoms with Crippen LogP contribution >= 0.6 is 15.9 Å². The molecule has 1 aliphatic rings. The molecule has 0 bridgehead atoms. The molecule has 1 aromatic heterocycles. The average molecular weight is 298 g/mol. The number of hydrogen-bond donors (Lipinski definition) is 1. The molecule has 0 aromatic carbocycles. The summed E-state index contributed by atoms with van der Waals surface area (Å²) >= 11 is 3.49. The van der Waals surface area contributed by atoms with E-state index >= 15 is 0 Å². The minimum atomic E-state index is 0.795. The van der Waals surface area contributed by atoms with E-state index in [0.29, 0.717) is 0 Å². The Morgan fingerprint density at radius 1 is 1.47 bits per heavy atom. The molecule has 1 saturated carbocycles. The number of nitrogens with zero attached hydrogens (tertiary/aromatic N) is 2. The first-order chi connectivity index (χ1) is 8.27. The number of likely N-dealkylation sites (N-methyl/N-ethyl adjacent to an activating group) is 1. The summed E-state index contributed by atoms with van der Waals surface area (Å²) in [6, 6.07) is 4.74. The van der Waals surface area contributed by atoms with Crippen molar-refractivity contribution in [2.45, 2.75) is 31.7 Å². The lowest BCUT2D eigenvalue weighted by atomic mass is 10.2. The molecule has 0 saturated heterocycles. The zero-order valence-corrected chi connectivity index (χ0v) is 11.9. The number of rotatable bonds is 5. The number of halogens is 1. The molecule has 1 N–H and O–H groups in total. The molecule has 94 valence electrons. The monoisotopic (exact) mass is 297 g/mol. The maximum Gasteiger partial charge on any atom is 0.140 e. The Morgan fingerprint density at radius 2 is 2.24 bits per heavy atom. The molecule has 17 heavy (non-hydrogen) atoms. The van der Waals surface area contributed by atoms with Crippen LogP contribution in [0.1, 0.15) is 25.7 Å². The van der Waals surface area contributed by atoms with E-state index in [1.54, 1.807) is 0 Å². The van der Waals surface area contributed by atoms with E-state index in [-0.39, 0.29) is 0 Å². The molecule has 1 aliphatic carbocycles. The highest BCUT2D eigenvalue weighted by atomic mass is 79.9. The van der Waals surface area contributed by atoms with Gasteiger partial charge < -0.3 is 10.2 Å². The number of aromatic nitrogens is 1. The normalized spacial score (nSPS) is 16.6. The topological polar surface area (TPSA) is 28.2 Å². The van der Waals surface area contributed by atoms with Crippen LogP contribution in [0.15, 0.2) is 22.8 Å². The summed E-state index contributed by atoms with van der Waals surface area (Å²) in [5.74, 6) is 0.937. The fourth-order valence-corrected chi connectivity index (χ4v) is 2.79.